The Labute approximate surface area is 124 Å². The molecule has 0 aliphatic rings. The minimum absolute atomic E-state index is 0.0102. The maximum absolute atomic E-state index is 13.6. The molecule has 0 spiro atoms. The third kappa shape index (κ3) is 3.79. The number of aromatic amines is 1. The molecule has 0 bridgehead atoms. The number of hydrogen-bond acceptors (Lipinski definition) is 3. The van der Waals surface area contributed by atoms with Gasteiger partial charge in [-0.1, -0.05) is 11.6 Å². The molecule has 2 rings (SSSR count). The van der Waals surface area contributed by atoms with Gasteiger partial charge in [-0.05, 0) is 18.2 Å². The molecule has 0 saturated heterocycles. The van der Waals surface area contributed by atoms with E-state index >= 15 is 0 Å². The van der Waals surface area contributed by atoms with Gasteiger partial charge in [0, 0.05) is 23.3 Å². The van der Waals surface area contributed by atoms with Crippen LogP contribution in [0.5, 0.6) is 0 Å². The number of hydrogen-bond donors (Lipinski definition) is 3. The van der Waals surface area contributed by atoms with E-state index in [4.69, 9.17) is 16.7 Å². The number of rotatable bonds is 5. The molecule has 1 atom stereocenters. The van der Waals surface area contributed by atoms with Gasteiger partial charge in [-0.25, -0.2) is 14.2 Å². The lowest BCUT2D eigenvalue weighted by Crippen LogP contribution is -2.42. The molecule has 6 nitrogen and oxygen atoms in total. The molecule has 1 aromatic carbocycles. The Morgan fingerprint density at radius 3 is 2.81 bits per heavy atom. The predicted octanol–water partition coefficient (Wildman–Crippen LogP) is 1.63. The van der Waals surface area contributed by atoms with Crippen LogP contribution in [0, 0.1) is 5.82 Å². The van der Waals surface area contributed by atoms with E-state index in [9.17, 15) is 14.0 Å². The lowest BCUT2D eigenvalue weighted by atomic mass is 10.1. The van der Waals surface area contributed by atoms with E-state index in [0.717, 1.165) is 6.07 Å². The maximum Gasteiger partial charge on any atom is 0.326 e. The number of nitrogens with zero attached hydrogens (tertiary/aromatic N) is 1. The first-order valence-electron chi connectivity index (χ1n) is 5.93. The zero-order valence-electron chi connectivity index (χ0n) is 10.6. The smallest absolute Gasteiger partial charge is 0.326 e. The van der Waals surface area contributed by atoms with Crippen LogP contribution >= 0.6 is 11.6 Å². The predicted molar refractivity (Wildman–Crippen MR) is 72.6 cm³/mol. The summed E-state index contributed by atoms with van der Waals surface area (Å²) in [5.74, 6) is -2.87. The van der Waals surface area contributed by atoms with Crippen LogP contribution < -0.4 is 5.32 Å². The minimum atomic E-state index is -1.23. The minimum Gasteiger partial charge on any atom is -0.480 e. The zero-order valence-corrected chi connectivity index (χ0v) is 11.4. The highest BCUT2D eigenvalue weighted by atomic mass is 35.5. The van der Waals surface area contributed by atoms with Crippen molar-refractivity contribution < 1.29 is 19.1 Å². The number of imidazole rings is 1. The largest absolute Gasteiger partial charge is 0.480 e. The van der Waals surface area contributed by atoms with E-state index < -0.39 is 23.7 Å². The summed E-state index contributed by atoms with van der Waals surface area (Å²) in [5.41, 5.74) is 0.273. The Morgan fingerprint density at radius 1 is 1.48 bits per heavy atom. The van der Waals surface area contributed by atoms with Crippen LogP contribution in [0.15, 0.2) is 30.7 Å². The Balaban J connectivity index is 2.12. The van der Waals surface area contributed by atoms with Crippen LogP contribution in [0.25, 0.3) is 0 Å². The topological polar surface area (TPSA) is 95.1 Å². The fourth-order valence-electron chi connectivity index (χ4n) is 1.73. The third-order valence-corrected chi connectivity index (χ3v) is 2.99. The fourth-order valence-corrected chi connectivity index (χ4v) is 1.88. The summed E-state index contributed by atoms with van der Waals surface area (Å²) in [4.78, 5) is 29.6. The highest BCUT2D eigenvalue weighted by Gasteiger charge is 2.23. The first-order chi connectivity index (χ1) is 9.97. The molecule has 0 aliphatic heterocycles. The van der Waals surface area contributed by atoms with E-state index in [1.165, 1.54) is 24.7 Å². The zero-order chi connectivity index (χ0) is 15.4. The van der Waals surface area contributed by atoms with Crippen molar-refractivity contribution in [1.29, 1.82) is 0 Å². The molecule has 8 heteroatoms. The summed E-state index contributed by atoms with van der Waals surface area (Å²) >= 11 is 5.60. The number of H-pyrrole nitrogens is 1. The second-order valence-electron chi connectivity index (χ2n) is 4.27. The van der Waals surface area contributed by atoms with Crippen molar-refractivity contribution in [3.05, 3.63) is 52.8 Å². The molecule has 1 heterocycles. The van der Waals surface area contributed by atoms with Crippen molar-refractivity contribution in [3.8, 4) is 0 Å². The Kier molecular flexibility index (Phi) is 4.54. The van der Waals surface area contributed by atoms with Crippen LogP contribution in [0.3, 0.4) is 0 Å². The standard InChI is InChI=1S/C13H11ClFN3O3/c14-7-1-2-9(10(15)3-7)12(19)18-11(13(20)21)4-8-5-16-6-17-8/h1-3,5-6,11H,4H2,(H,16,17)(H,18,19)(H,20,21)/t11-/m1/s1. The molecular weight excluding hydrogens is 301 g/mol. The highest BCUT2D eigenvalue weighted by Crippen LogP contribution is 2.14. The SMILES string of the molecule is O=C(N[C@H](Cc1cnc[nH]1)C(=O)O)c1ccc(Cl)cc1F. The normalized spacial score (nSPS) is 11.9. The van der Waals surface area contributed by atoms with Crippen molar-refractivity contribution >= 4 is 23.5 Å². The van der Waals surface area contributed by atoms with E-state index in [1.54, 1.807) is 0 Å². The first-order valence-corrected chi connectivity index (χ1v) is 6.31. The molecule has 0 aliphatic carbocycles. The Morgan fingerprint density at radius 2 is 2.24 bits per heavy atom. The van der Waals surface area contributed by atoms with Gasteiger partial charge >= 0.3 is 5.97 Å². The monoisotopic (exact) mass is 311 g/mol. The summed E-state index contributed by atoms with van der Waals surface area (Å²) < 4.78 is 13.6. The van der Waals surface area contributed by atoms with E-state index in [0.29, 0.717) is 5.69 Å². The van der Waals surface area contributed by atoms with Crippen molar-refractivity contribution in [2.75, 3.05) is 0 Å². The first kappa shape index (κ1) is 15.0. The maximum atomic E-state index is 13.6. The number of halogens is 2. The number of aliphatic carboxylic acids is 1. The van der Waals surface area contributed by atoms with Crippen LogP contribution in [0.2, 0.25) is 5.02 Å². The second-order valence-corrected chi connectivity index (χ2v) is 4.71. The van der Waals surface area contributed by atoms with Crippen molar-refractivity contribution in [3.63, 3.8) is 0 Å². The lowest BCUT2D eigenvalue weighted by molar-refractivity contribution is -0.139. The molecule has 21 heavy (non-hydrogen) atoms. The van der Waals surface area contributed by atoms with Gasteiger partial charge in [0.25, 0.3) is 5.91 Å². The van der Waals surface area contributed by atoms with Gasteiger partial charge in [-0.2, -0.15) is 0 Å². The molecule has 1 aromatic heterocycles. The summed E-state index contributed by atoms with van der Waals surface area (Å²) in [6.07, 6.45) is 2.86. The number of amides is 1. The van der Waals surface area contributed by atoms with E-state index in [-0.39, 0.29) is 17.0 Å². The average molecular weight is 312 g/mol. The summed E-state index contributed by atoms with van der Waals surface area (Å²) in [6.45, 7) is 0. The van der Waals surface area contributed by atoms with Crippen LogP contribution in [0.1, 0.15) is 16.1 Å². The Hall–Kier alpha value is -2.41. The molecule has 0 fully saturated rings. The van der Waals surface area contributed by atoms with Crippen LogP contribution in [-0.4, -0.2) is 33.0 Å². The molecule has 0 unspecified atom stereocenters. The highest BCUT2D eigenvalue weighted by molar-refractivity contribution is 6.30. The quantitative estimate of drug-likeness (QED) is 0.782. The second kappa shape index (κ2) is 6.36. The number of carbonyl (C=O) groups is 2. The Bertz CT molecular complexity index is 661. The van der Waals surface area contributed by atoms with Gasteiger partial charge in [0.15, 0.2) is 0 Å². The molecular formula is C13H11ClFN3O3. The van der Waals surface area contributed by atoms with E-state index in [1.807, 2.05) is 0 Å². The van der Waals surface area contributed by atoms with Crippen molar-refractivity contribution in [2.24, 2.45) is 0 Å². The van der Waals surface area contributed by atoms with Gasteiger partial charge in [-0.15, -0.1) is 0 Å². The third-order valence-electron chi connectivity index (χ3n) is 2.76. The van der Waals surface area contributed by atoms with Gasteiger partial charge < -0.3 is 15.4 Å². The molecule has 2 aromatic rings. The number of aromatic nitrogens is 2. The van der Waals surface area contributed by atoms with Gasteiger partial charge in [0.2, 0.25) is 0 Å². The summed E-state index contributed by atoms with van der Waals surface area (Å²) in [5, 5.41) is 11.5. The number of carboxylic acid groups (broad SMARTS) is 1. The number of carboxylic acids is 1. The fraction of sp³-hybridized carbons (Fsp3) is 0.154. The molecule has 3 N–H and O–H groups in total. The van der Waals surface area contributed by atoms with Gasteiger partial charge in [0.05, 0.1) is 11.9 Å². The number of benzene rings is 1. The number of carbonyl (C=O) groups excluding carboxylic acids is 1. The lowest BCUT2D eigenvalue weighted by Gasteiger charge is -2.14. The van der Waals surface area contributed by atoms with Crippen LogP contribution in [0.4, 0.5) is 4.39 Å². The number of nitrogens with one attached hydrogen (secondary N) is 2. The molecule has 0 saturated carbocycles. The van der Waals surface area contributed by atoms with Crippen molar-refractivity contribution in [1.82, 2.24) is 15.3 Å². The van der Waals surface area contributed by atoms with Gasteiger partial charge in [0.1, 0.15) is 11.9 Å². The molecule has 0 radical (unpaired) electrons. The van der Waals surface area contributed by atoms with E-state index in [2.05, 4.69) is 15.3 Å². The van der Waals surface area contributed by atoms with Gasteiger partial charge in [-0.3, -0.25) is 4.79 Å². The summed E-state index contributed by atoms with van der Waals surface area (Å²) in [6, 6.07) is 2.33. The van der Waals surface area contributed by atoms with Crippen molar-refractivity contribution in [2.45, 2.75) is 12.5 Å². The molecule has 110 valence electrons. The molecule has 1 amide bonds. The van der Waals surface area contributed by atoms with Crippen LogP contribution in [-0.2, 0) is 11.2 Å². The summed E-state index contributed by atoms with van der Waals surface area (Å²) in [7, 11) is 0. The average Bonchev–Trinajstić information content (AvgIpc) is 2.90.